The molecule has 0 atom stereocenters. The predicted molar refractivity (Wildman–Crippen MR) is 42.3 cm³/mol. The molecule has 12 heavy (non-hydrogen) atoms. The standard InChI is InChI=1S/C8H7N3O/c1-6-11-8(5-12-6)7-4-9-2-3-10-7/h2-5H,1H3. The van der Waals surface area contributed by atoms with Crippen molar-refractivity contribution in [2.24, 2.45) is 0 Å². The van der Waals surface area contributed by atoms with Crippen LogP contribution in [0.15, 0.2) is 29.3 Å². The summed E-state index contributed by atoms with van der Waals surface area (Å²) >= 11 is 0. The first-order valence-electron chi connectivity index (χ1n) is 3.55. The van der Waals surface area contributed by atoms with Gasteiger partial charge in [-0.05, 0) is 0 Å². The molecule has 0 saturated carbocycles. The van der Waals surface area contributed by atoms with Gasteiger partial charge in [-0.25, -0.2) is 4.98 Å². The van der Waals surface area contributed by atoms with Crippen molar-refractivity contribution >= 4 is 0 Å². The van der Waals surface area contributed by atoms with Crippen LogP contribution in [0.4, 0.5) is 0 Å². The van der Waals surface area contributed by atoms with Crippen LogP contribution >= 0.6 is 0 Å². The molecule has 0 amide bonds. The molecule has 2 aromatic rings. The van der Waals surface area contributed by atoms with Crippen molar-refractivity contribution < 1.29 is 4.42 Å². The lowest BCUT2D eigenvalue weighted by molar-refractivity contribution is 0.521. The average Bonchev–Trinajstić information content (AvgIpc) is 2.54. The molecule has 0 unspecified atom stereocenters. The molecule has 60 valence electrons. The van der Waals surface area contributed by atoms with E-state index < -0.39 is 0 Å². The molecule has 4 heteroatoms. The zero-order valence-corrected chi connectivity index (χ0v) is 6.56. The van der Waals surface area contributed by atoms with E-state index in [0.29, 0.717) is 5.89 Å². The average molecular weight is 161 g/mol. The van der Waals surface area contributed by atoms with Crippen molar-refractivity contribution in [1.29, 1.82) is 0 Å². The summed E-state index contributed by atoms with van der Waals surface area (Å²) in [6.45, 7) is 1.79. The number of nitrogens with zero attached hydrogens (tertiary/aromatic N) is 3. The van der Waals surface area contributed by atoms with Crippen LogP contribution < -0.4 is 0 Å². The van der Waals surface area contributed by atoms with Crippen LogP contribution in [0, 0.1) is 6.92 Å². The first-order chi connectivity index (χ1) is 5.86. The largest absolute Gasteiger partial charge is 0.449 e. The van der Waals surface area contributed by atoms with Crippen molar-refractivity contribution in [1.82, 2.24) is 15.0 Å². The predicted octanol–water partition coefficient (Wildman–Crippen LogP) is 1.44. The fraction of sp³-hybridized carbons (Fsp3) is 0.125. The molecule has 0 radical (unpaired) electrons. The minimum absolute atomic E-state index is 0.635. The molecule has 0 aliphatic rings. The van der Waals surface area contributed by atoms with Crippen LogP contribution in [0.2, 0.25) is 0 Å². The Hall–Kier alpha value is -1.71. The van der Waals surface area contributed by atoms with Gasteiger partial charge < -0.3 is 4.42 Å². The first-order valence-corrected chi connectivity index (χ1v) is 3.55. The molecule has 2 aromatic heterocycles. The SMILES string of the molecule is Cc1nc(-c2cnccn2)co1. The molecule has 4 nitrogen and oxygen atoms in total. The summed E-state index contributed by atoms with van der Waals surface area (Å²) in [6, 6.07) is 0. The maximum absolute atomic E-state index is 5.04. The Labute approximate surface area is 69.3 Å². The molecule has 2 rings (SSSR count). The van der Waals surface area contributed by atoms with E-state index in [0.717, 1.165) is 11.4 Å². The Morgan fingerprint density at radius 3 is 2.75 bits per heavy atom. The molecule has 0 aromatic carbocycles. The molecule has 0 fully saturated rings. The zero-order chi connectivity index (χ0) is 8.39. The number of aromatic nitrogens is 3. The normalized spacial score (nSPS) is 10.1. The molecule has 0 aliphatic heterocycles. The highest BCUT2D eigenvalue weighted by molar-refractivity contribution is 5.50. The van der Waals surface area contributed by atoms with E-state index in [4.69, 9.17) is 4.42 Å². The van der Waals surface area contributed by atoms with Crippen LogP contribution in [0.1, 0.15) is 5.89 Å². The van der Waals surface area contributed by atoms with Gasteiger partial charge in [-0.1, -0.05) is 0 Å². The second-order valence-electron chi connectivity index (χ2n) is 2.34. The van der Waals surface area contributed by atoms with Crippen molar-refractivity contribution in [2.75, 3.05) is 0 Å². The Balaban J connectivity index is 2.45. The summed E-state index contributed by atoms with van der Waals surface area (Å²) < 4.78 is 5.04. The van der Waals surface area contributed by atoms with E-state index in [1.54, 1.807) is 31.8 Å². The lowest BCUT2D eigenvalue weighted by atomic mass is 10.3. The number of aryl methyl sites for hydroxylation is 1. The fourth-order valence-electron chi connectivity index (χ4n) is 0.912. The molecule has 0 bridgehead atoms. The Bertz CT molecular complexity index is 369. The minimum Gasteiger partial charge on any atom is -0.449 e. The van der Waals surface area contributed by atoms with Crippen molar-refractivity contribution in [3.63, 3.8) is 0 Å². The lowest BCUT2D eigenvalue weighted by Crippen LogP contribution is -1.83. The van der Waals surface area contributed by atoms with Gasteiger partial charge in [0.15, 0.2) is 5.89 Å². The van der Waals surface area contributed by atoms with Crippen molar-refractivity contribution in [3.8, 4) is 11.4 Å². The summed E-state index contributed by atoms with van der Waals surface area (Å²) in [5.74, 6) is 0.635. The highest BCUT2D eigenvalue weighted by atomic mass is 16.3. The van der Waals surface area contributed by atoms with Crippen LogP contribution in [-0.4, -0.2) is 15.0 Å². The molecular weight excluding hydrogens is 154 g/mol. The monoisotopic (exact) mass is 161 g/mol. The van der Waals surface area contributed by atoms with Crippen molar-refractivity contribution in [3.05, 3.63) is 30.7 Å². The number of rotatable bonds is 1. The van der Waals surface area contributed by atoms with Gasteiger partial charge in [0.2, 0.25) is 0 Å². The highest BCUT2D eigenvalue weighted by Crippen LogP contribution is 2.13. The summed E-state index contributed by atoms with van der Waals surface area (Å²) in [5.41, 5.74) is 1.45. The Kier molecular flexibility index (Phi) is 1.59. The van der Waals surface area contributed by atoms with Crippen molar-refractivity contribution in [2.45, 2.75) is 6.92 Å². The second kappa shape index (κ2) is 2.73. The maximum atomic E-state index is 5.04. The maximum Gasteiger partial charge on any atom is 0.191 e. The smallest absolute Gasteiger partial charge is 0.191 e. The molecule has 0 spiro atoms. The van der Waals surface area contributed by atoms with Gasteiger partial charge in [0.05, 0.1) is 6.20 Å². The third kappa shape index (κ3) is 1.18. The summed E-state index contributed by atoms with van der Waals surface area (Å²) in [4.78, 5) is 12.1. The summed E-state index contributed by atoms with van der Waals surface area (Å²) in [6.07, 6.45) is 6.46. The zero-order valence-electron chi connectivity index (χ0n) is 6.56. The third-order valence-corrected chi connectivity index (χ3v) is 1.44. The number of hydrogen-bond donors (Lipinski definition) is 0. The van der Waals surface area contributed by atoms with Crippen LogP contribution in [0.3, 0.4) is 0 Å². The van der Waals surface area contributed by atoms with E-state index in [2.05, 4.69) is 15.0 Å². The minimum atomic E-state index is 0.635. The topological polar surface area (TPSA) is 51.8 Å². The number of hydrogen-bond acceptors (Lipinski definition) is 4. The van der Waals surface area contributed by atoms with E-state index in [9.17, 15) is 0 Å². The van der Waals surface area contributed by atoms with Crippen LogP contribution in [-0.2, 0) is 0 Å². The van der Waals surface area contributed by atoms with Crippen LogP contribution in [0.25, 0.3) is 11.4 Å². The van der Waals surface area contributed by atoms with Gasteiger partial charge in [-0.2, -0.15) is 0 Å². The van der Waals surface area contributed by atoms with Gasteiger partial charge in [0.1, 0.15) is 17.7 Å². The third-order valence-electron chi connectivity index (χ3n) is 1.44. The molecule has 2 heterocycles. The van der Waals surface area contributed by atoms with Gasteiger partial charge in [0, 0.05) is 19.3 Å². The van der Waals surface area contributed by atoms with Gasteiger partial charge in [0.25, 0.3) is 0 Å². The van der Waals surface area contributed by atoms with E-state index in [1.807, 2.05) is 0 Å². The fourth-order valence-corrected chi connectivity index (χ4v) is 0.912. The van der Waals surface area contributed by atoms with E-state index >= 15 is 0 Å². The lowest BCUT2D eigenvalue weighted by Gasteiger charge is -1.89. The van der Waals surface area contributed by atoms with E-state index in [1.165, 1.54) is 0 Å². The summed E-state index contributed by atoms with van der Waals surface area (Å²) in [7, 11) is 0. The van der Waals surface area contributed by atoms with Gasteiger partial charge in [-0.3, -0.25) is 9.97 Å². The molecule has 0 aliphatic carbocycles. The second-order valence-corrected chi connectivity index (χ2v) is 2.34. The Morgan fingerprint density at radius 1 is 1.25 bits per heavy atom. The number of oxazole rings is 1. The van der Waals surface area contributed by atoms with Gasteiger partial charge >= 0.3 is 0 Å². The van der Waals surface area contributed by atoms with Crippen LogP contribution in [0.5, 0.6) is 0 Å². The van der Waals surface area contributed by atoms with Gasteiger partial charge in [-0.15, -0.1) is 0 Å². The molecular formula is C8H7N3O. The Morgan fingerprint density at radius 2 is 2.17 bits per heavy atom. The first kappa shape index (κ1) is 6.97. The molecule has 0 saturated heterocycles. The van der Waals surface area contributed by atoms with E-state index in [-0.39, 0.29) is 0 Å². The highest BCUT2D eigenvalue weighted by Gasteiger charge is 2.02. The quantitative estimate of drug-likeness (QED) is 0.635. The molecule has 0 N–H and O–H groups in total. The summed E-state index contributed by atoms with van der Waals surface area (Å²) in [5, 5.41) is 0.